The van der Waals surface area contributed by atoms with Crippen molar-refractivity contribution in [3.63, 3.8) is 0 Å². The van der Waals surface area contributed by atoms with Crippen LogP contribution in [0.3, 0.4) is 0 Å². The van der Waals surface area contributed by atoms with Crippen molar-refractivity contribution >= 4 is 5.91 Å². The van der Waals surface area contributed by atoms with Gasteiger partial charge in [0.2, 0.25) is 5.91 Å². The van der Waals surface area contributed by atoms with Gasteiger partial charge in [-0.15, -0.1) is 0 Å². The van der Waals surface area contributed by atoms with Crippen LogP contribution in [0.15, 0.2) is 0 Å². The molecule has 1 saturated carbocycles. The Labute approximate surface area is 117 Å². The Morgan fingerprint density at radius 2 is 2.16 bits per heavy atom. The molecule has 2 fully saturated rings. The third kappa shape index (κ3) is 4.18. The number of rotatable bonds is 5. The highest BCUT2D eigenvalue weighted by atomic mass is 16.2. The van der Waals surface area contributed by atoms with Crippen LogP contribution in [0.4, 0.5) is 0 Å². The number of nitrogens with zero attached hydrogens (tertiary/aromatic N) is 1. The van der Waals surface area contributed by atoms with Crippen LogP contribution in [-0.4, -0.2) is 43.0 Å². The first kappa shape index (κ1) is 14.8. The zero-order valence-electron chi connectivity index (χ0n) is 12.4. The molecule has 0 radical (unpaired) electrons. The maximum absolute atomic E-state index is 11.9. The van der Waals surface area contributed by atoms with Gasteiger partial charge in [-0.05, 0) is 37.0 Å². The van der Waals surface area contributed by atoms with Gasteiger partial charge in [0, 0.05) is 25.7 Å². The fourth-order valence-electron chi connectivity index (χ4n) is 3.50. The first-order valence-electron chi connectivity index (χ1n) is 7.81. The number of hydrogen-bond donors (Lipinski definition) is 2. The monoisotopic (exact) mass is 267 g/mol. The van der Waals surface area contributed by atoms with Gasteiger partial charge in [0.1, 0.15) is 0 Å². The summed E-state index contributed by atoms with van der Waals surface area (Å²) in [4.78, 5) is 14.2. The van der Waals surface area contributed by atoms with Crippen molar-refractivity contribution in [1.82, 2.24) is 10.2 Å². The zero-order chi connectivity index (χ0) is 13.8. The lowest BCUT2D eigenvalue weighted by Crippen LogP contribution is -2.39. The predicted molar refractivity (Wildman–Crippen MR) is 77.7 cm³/mol. The highest BCUT2D eigenvalue weighted by Gasteiger charge is 2.38. The minimum atomic E-state index is 0.174. The topological polar surface area (TPSA) is 58.4 Å². The normalized spacial score (nSPS) is 31.5. The molecule has 0 aromatic heterocycles. The van der Waals surface area contributed by atoms with E-state index in [9.17, 15) is 4.79 Å². The summed E-state index contributed by atoms with van der Waals surface area (Å²) in [6.07, 6.45) is 4.78. The number of carbonyl (C=O) groups excluding carboxylic acids is 1. The maximum atomic E-state index is 11.9. The molecule has 0 aromatic carbocycles. The average Bonchev–Trinajstić information content (AvgIpc) is 2.72. The van der Waals surface area contributed by atoms with Gasteiger partial charge in [-0.1, -0.05) is 20.3 Å². The number of nitrogens with two attached hydrogens (primary N) is 1. The number of hydrogen-bond acceptors (Lipinski definition) is 3. The summed E-state index contributed by atoms with van der Waals surface area (Å²) in [6, 6.07) is 0.354. The van der Waals surface area contributed by atoms with Gasteiger partial charge in [0.15, 0.2) is 0 Å². The van der Waals surface area contributed by atoms with Gasteiger partial charge in [0.05, 0.1) is 6.54 Å². The lowest BCUT2D eigenvalue weighted by Gasteiger charge is -2.29. The Morgan fingerprint density at radius 3 is 2.84 bits per heavy atom. The summed E-state index contributed by atoms with van der Waals surface area (Å²) in [5, 5.41) is 3.02. The minimum absolute atomic E-state index is 0.174. The molecule has 3 N–H and O–H groups in total. The molecule has 2 rings (SSSR count). The van der Waals surface area contributed by atoms with Crippen LogP contribution in [0.25, 0.3) is 0 Å². The van der Waals surface area contributed by atoms with Gasteiger partial charge < -0.3 is 11.1 Å². The van der Waals surface area contributed by atoms with Crippen LogP contribution in [-0.2, 0) is 4.79 Å². The predicted octanol–water partition coefficient (Wildman–Crippen LogP) is 1.21. The van der Waals surface area contributed by atoms with E-state index in [0.717, 1.165) is 38.4 Å². The van der Waals surface area contributed by atoms with Crippen LogP contribution >= 0.6 is 0 Å². The molecule has 0 bridgehead atoms. The number of carbonyl (C=O) groups is 1. The molecule has 19 heavy (non-hydrogen) atoms. The lowest BCUT2D eigenvalue weighted by molar-refractivity contribution is -0.122. The quantitative estimate of drug-likeness (QED) is 0.787. The Kier molecular flexibility index (Phi) is 5.22. The smallest absolute Gasteiger partial charge is 0.234 e. The van der Waals surface area contributed by atoms with Crippen molar-refractivity contribution in [3.8, 4) is 0 Å². The Bertz CT molecular complexity index is 306. The van der Waals surface area contributed by atoms with E-state index in [1.165, 1.54) is 12.8 Å². The second kappa shape index (κ2) is 6.71. The molecule has 2 aliphatic rings. The van der Waals surface area contributed by atoms with E-state index < -0.39 is 0 Å². The van der Waals surface area contributed by atoms with Crippen molar-refractivity contribution < 1.29 is 4.79 Å². The van der Waals surface area contributed by atoms with E-state index in [0.29, 0.717) is 24.4 Å². The highest BCUT2D eigenvalue weighted by Crippen LogP contribution is 2.35. The van der Waals surface area contributed by atoms with E-state index in [2.05, 4.69) is 24.1 Å². The van der Waals surface area contributed by atoms with E-state index in [1.807, 2.05) is 0 Å². The molecule has 1 aliphatic carbocycles. The fourth-order valence-corrected chi connectivity index (χ4v) is 3.50. The molecule has 4 heteroatoms. The van der Waals surface area contributed by atoms with Crippen LogP contribution in [0, 0.1) is 17.8 Å². The third-order valence-corrected chi connectivity index (χ3v) is 4.64. The van der Waals surface area contributed by atoms with Crippen molar-refractivity contribution in [2.24, 2.45) is 23.5 Å². The van der Waals surface area contributed by atoms with Gasteiger partial charge >= 0.3 is 0 Å². The minimum Gasteiger partial charge on any atom is -0.355 e. The van der Waals surface area contributed by atoms with Gasteiger partial charge in [0.25, 0.3) is 0 Å². The third-order valence-electron chi connectivity index (χ3n) is 4.64. The number of nitrogens with one attached hydrogen (secondary N) is 1. The molecule has 1 aliphatic heterocycles. The second-order valence-electron chi connectivity index (χ2n) is 6.75. The molecule has 4 nitrogen and oxygen atoms in total. The van der Waals surface area contributed by atoms with Crippen molar-refractivity contribution in [1.29, 1.82) is 0 Å². The molecule has 110 valence electrons. The Hall–Kier alpha value is -0.610. The van der Waals surface area contributed by atoms with Crippen LogP contribution in [0.2, 0.25) is 0 Å². The lowest BCUT2D eigenvalue weighted by atomic mass is 9.78. The summed E-state index contributed by atoms with van der Waals surface area (Å²) in [5.41, 5.74) is 6.20. The Balaban J connectivity index is 1.70. The molecule has 0 spiro atoms. The summed E-state index contributed by atoms with van der Waals surface area (Å²) in [6.45, 7) is 7.80. The fraction of sp³-hybridized carbons (Fsp3) is 0.933. The molecule has 0 aromatic rings. The van der Waals surface area contributed by atoms with Crippen LogP contribution in [0.5, 0.6) is 0 Å². The number of fused-ring (bicyclic) bond motifs is 1. The number of amides is 1. The average molecular weight is 267 g/mol. The van der Waals surface area contributed by atoms with Gasteiger partial charge in [-0.2, -0.15) is 0 Å². The van der Waals surface area contributed by atoms with Crippen molar-refractivity contribution in [3.05, 3.63) is 0 Å². The molecule has 1 saturated heterocycles. The highest BCUT2D eigenvalue weighted by molar-refractivity contribution is 5.78. The largest absolute Gasteiger partial charge is 0.355 e. The first-order chi connectivity index (χ1) is 9.06. The summed E-state index contributed by atoms with van der Waals surface area (Å²) >= 11 is 0. The van der Waals surface area contributed by atoms with Crippen molar-refractivity contribution in [2.45, 2.75) is 45.6 Å². The van der Waals surface area contributed by atoms with Crippen LogP contribution in [0.1, 0.15) is 39.5 Å². The Morgan fingerprint density at radius 1 is 1.37 bits per heavy atom. The molecule has 1 heterocycles. The van der Waals surface area contributed by atoms with Crippen LogP contribution < -0.4 is 11.1 Å². The summed E-state index contributed by atoms with van der Waals surface area (Å²) in [5.74, 6) is 2.17. The van der Waals surface area contributed by atoms with E-state index in [1.54, 1.807) is 0 Å². The summed E-state index contributed by atoms with van der Waals surface area (Å²) in [7, 11) is 0. The molecular formula is C15H29N3O. The van der Waals surface area contributed by atoms with Crippen molar-refractivity contribution in [2.75, 3.05) is 26.2 Å². The molecular weight excluding hydrogens is 238 g/mol. The number of likely N-dealkylation sites (tertiary alicyclic amines) is 1. The van der Waals surface area contributed by atoms with Gasteiger partial charge in [-0.25, -0.2) is 0 Å². The van der Waals surface area contributed by atoms with Gasteiger partial charge in [-0.3, -0.25) is 9.69 Å². The van der Waals surface area contributed by atoms with E-state index in [4.69, 9.17) is 5.73 Å². The molecule has 3 atom stereocenters. The SMILES string of the molecule is CC(C)CCNC(=O)CN1CC2CCCC(N)C2C1. The molecule has 3 unspecified atom stereocenters. The maximum Gasteiger partial charge on any atom is 0.234 e. The first-order valence-corrected chi connectivity index (χ1v) is 7.81. The van der Waals surface area contributed by atoms with E-state index >= 15 is 0 Å². The second-order valence-corrected chi connectivity index (χ2v) is 6.75. The zero-order valence-corrected chi connectivity index (χ0v) is 12.4. The summed E-state index contributed by atoms with van der Waals surface area (Å²) < 4.78 is 0. The molecule has 1 amide bonds. The van der Waals surface area contributed by atoms with E-state index in [-0.39, 0.29) is 5.91 Å². The standard InChI is InChI=1S/C15H29N3O/c1-11(2)6-7-17-15(19)10-18-8-12-4-3-5-14(16)13(12)9-18/h11-14H,3-10,16H2,1-2H3,(H,17,19).